The summed E-state index contributed by atoms with van der Waals surface area (Å²) in [6.45, 7) is 8.48. The molecule has 0 bridgehead atoms. The number of hydrogen-bond donors (Lipinski definition) is 1. The van der Waals surface area contributed by atoms with Crippen LogP contribution in [0.25, 0.3) is 21.9 Å². The van der Waals surface area contributed by atoms with E-state index in [1.807, 2.05) is 24.3 Å². The van der Waals surface area contributed by atoms with Gasteiger partial charge in [0.25, 0.3) is 0 Å². The van der Waals surface area contributed by atoms with Gasteiger partial charge in [-0.15, -0.1) is 0 Å². The van der Waals surface area contributed by atoms with Crippen molar-refractivity contribution in [1.82, 2.24) is 0 Å². The number of benzene rings is 3. The highest BCUT2D eigenvalue weighted by Gasteiger charge is 2.19. The van der Waals surface area contributed by atoms with E-state index in [1.54, 1.807) is 7.11 Å². The molecule has 0 amide bonds. The summed E-state index contributed by atoms with van der Waals surface area (Å²) in [5.41, 5.74) is 6.86. The van der Waals surface area contributed by atoms with E-state index in [-0.39, 0.29) is 5.75 Å². The summed E-state index contributed by atoms with van der Waals surface area (Å²) in [4.78, 5) is 0. The molecule has 0 spiro atoms. The number of phenolic OH excluding ortho intramolecular Hbond substituents is 1. The fourth-order valence-electron chi connectivity index (χ4n) is 3.39. The Labute approximate surface area is 137 Å². The maximum Gasteiger partial charge on any atom is 0.166 e. The maximum atomic E-state index is 10.8. The number of methoxy groups -OCH3 is 1. The van der Waals surface area contributed by atoms with Crippen LogP contribution in [0.5, 0.6) is 11.5 Å². The molecule has 0 aliphatic rings. The molecule has 0 saturated carbocycles. The minimum atomic E-state index is 0.209. The molecule has 0 saturated heterocycles. The first-order chi connectivity index (χ1) is 11.0. The molecule has 0 radical (unpaired) electrons. The van der Waals surface area contributed by atoms with Gasteiger partial charge in [-0.1, -0.05) is 30.3 Å². The lowest BCUT2D eigenvalue weighted by molar-refractivity contribution is 0.375. The van der Waals surface area contributed by atoms with E-state index in [0.29, 0.717) is 5.75 Å². The lowest BCUT2D eigenvalue weighted by atomic mass is 9.87. The zero-order valence-electron chi connectivity index (χ0n) is 14.3. The smallest absolute Gasteiger partial charge is 0.166 e. The van der Waals surface area contributed by atoms with Gasteiger partial charge in [0.1, 0.15) is 0 Å². The van der Waals surface area contributed by atoms with Crippen molar-refractivity contribution in [3.05, 3.63) is 58.7 Å². The van der Waals surface area contributed by atoms with Gasteiger partial charge in [0.15, 0.2) is 11.5 Å². The van der Waals surface area contributed by atoms with Crippen molar-refractivity contribution >= 4 is 10.8 Å². The second-order valence-corrected chi connectivity index (χ2v) is 6.16. The van der Waals surface area contributed by atoms with Gasteiger partial charge in [0.2, 0.25) is 0 Å². The highest BCUT2D eigenvalue weighted by Crippen LogP contribution is 2.45. The summed E-state index contributed by atoms with van der Waals surface area (Å²) in [6, 6.07) is 12.2. The monoisotopic (exact) mass is 306 g/mol. The van der Waals surface area contributed by atoms with E-state index in [0.717, 1.165) is 21.9 Å². The molecular formula is C21H22O2. The molecule has 0 fully saturated rings. The normalized spacial score (nSPS) is 11.0. The van der Waals surface area contributed by atoms with Gasteiger partial charge in [-0.3, -0.25) is 0 Å². The molecule has 1 N–H and O–H groups in total. The van der Waals surface area contributed by atoms with Crippen LogP contribution in [0.3, 0.4) is 0 Å². The number of ether oxygens (including phenoxy) is 1. The molecule has 2 heteroatoms. The fraction of sp³-hybridized carbons (Fsp3) is 0.238. The van der Waals surface area contributed by atoms with Gasteiger partial charge < -0.3 is 9.84 Å². The van der Waals surface area contributed by atoms with Crippen LogP contribution in [0.1, 0.15) is 22.3 Å². The van der Waals surface area contributed by atoms with Gasteiger partial charge in [-0.05, 0) is 72.4 Å². The van der Waals surface area contributed by atoms with Crippen molar-refractivity contribution in [1.29, 1.82) is 0 Å². The van der Waals surface area contributed by atoms with E-state index in [4.69, 9.17) is 4.74 Å². The Hall–Kier alpha value is -2.48. The number of rotatable bonds is 2. The van der Waals surface area contributed by atoms with Gasteiger partial charge in [-0.25, -0.2) is 0 Å². The zero-order valence-corrected chi connectivity index (χ0v) is 14.3. The Bertz CT molecular complexity index is 908. The first kappa shape index (κ1) is 15.4. The van der Waals surface area contributed by atoms with E-state index >= 15 is 0 Å². The van der Waals surface area contributed by atoms with Gasteiger partial charge >= 0.3 is 0 Å². The molecule has 0 heterocycles. The van der Waals surface area contributed by atoms with Crippen LogP contribution in [0.15, 0.2) is 36.4 Å². The predicted octanol–water partition coefficient (Wildman–Crippen LogP) is 5.45. The van der Waals surface area contributed by atoms with Crippen LogP contribution in [-0.2, 0) is 0 Å². The maximum absolute atomic E-state index is 10.8. The van der Waals surface area contributed by atoms with Crippen LogP contribution in [0.4, 0.5) is 0 Å². The first-order valence-corrected chi connectivity index (χ1v) is 7.82. The Kier molecular flexibility index (Phi) is 3.77. The van der Waals surface area contributed by atoms with Crippen LogP contribution in [-0.4, -0.2) is 12.2 Å². The number of aromatic hydroxyl groups is 1. The van der Waals surface area contributed by atoms with E-state index in [9.17, 15) is 5.11 Å². The largest absolute Gasteiger partial charge is 0.504 e. The third-order valence-corrected chi connectivity index (χ3v) is 4.81. The first-order valence-electron chi connectivity index (χ1n) is 7.82. The molecule has 118 valence electrons. The second kappa shape index (κ2) is 5.62. The molecular weight excluding hydrogens is 284 g/mol. The molecule has 0 atom stereocenters. The highest BCUT2D eigenvalue weighted by molar-refractivity contribution is 6.03. The number of phenols is 1. The van der Waals surface area contributed by atoms with Crippen molar-refractivity contribution in [2.75, 3.05) is 7.11 Å². The summed E-state index contributed by atoms with van der Waals surface area (Å²) in [7, 11) is 1.59. The molecule has 3 rings (SSSR count). The van der Waals surface area contributed by atoms with E-state index in [1.165, 1.54) is 22.3 Å². The van der Waals surface area contributed by atoms with Crippen molar-refractivity contribution in [3.63, 3.8) is 0 Å². The molecule has 2 nitrogen and oxygen atoms in total. The molecule has 3 aromatic rings. The third kappa shape index (κ3) is 2.35. The lowest BCUT2D eigenvalue weighted by Crippen LogP contribution is -1.97. The molecule has 0 aromatic heterocycles. The Morgan fingerprint density at radius 3 is 2.22 bits per heavy atom. The van der Waals surface area contributed by atoms with Gasteiger partial charge in [0.05, 0.1) is 7.11 Å². The molecule has 3 aromatic carbocycles. The van der Waals surface area contributed by atoms with Crippen LogP contribution in [0, 0.1) is 27.7 Å². The fourth-order valence-corrected chi connectivity index (χ4v) is 3.39. The third-order valence-electron chi connectivity index (χ3n) is 4.81. The molecule has 23 heavy (non-hydrogen) atoms. The second-order valence-electron chi connectivity index (χ2n) is 6.16. The number of hydrogen-bond acceptors (Lipinski definition) is 2. The lowest BCUT2D eigenvalue weighted by Gasteiger charge is -2.19. The summed E-state index contributed by atoms with van der Waals surface area (Å²) >= 11 is 0. The minimum Gasteiger partial charge on any atom is -0.504 e. The Balaban J connectivity index is 2.50. The van der Waals surface area contributed by atoms with Crippen LogP contribution >= 0.6 is 0 Å². The Morgan fingerprint density at radius 1 is 0.826 bits per heavy atom. The number of fused-ring (bicyclic) bond motifs is 1. The van der Waals surface area contributed by atoms with E-state index in [2.05, 4.69) is 39.8 Å². The average molecular weight is 306 g/mol. The zero-order chi connectivity index (χ0) is 16.7. The standard InChI is InChI=1S/C21H22O2/c1-12-10-13(2)19(15(4)14(12)3)20-17-9-7-6-8-16(17)11-18(23-5)21(20)22/h6-11,22H,1-5H3. The topological polar surface area (TPSA) is 29.5 Å². The summed E-state index contributed by atoms with van der Waals surface area (Å²) in [6.07, 6.45) is 0. The quantitative estimate of drug-likeness (QED) is 0.681. The van der Waals surface area contributed by atoms with Crippen LogP contribution < -0.4 is 4.74 Å². The van der Waals surface area contributed by atoms with Crippen molar-refractivity contribution < 1.29 is 9.84 Å². The van der Waals surface area contributed by atoms with Gasteiger partial charge in [-0.2, -0.15) is 0 Å². The van der Waals surface area contributed by atoms with Gasteiger partial charge in [0, 0.05) is 5.56 Å². The predicted molar refractivity (Wildman–Crippen MR) is 96.5 cm³/mol. The average Bonchev–Trinajstić information content (AvgIpc) is 2.54. The minimum absolute atomic E-state index is 0.209. The van der Waals surface area contributed by atoms with E-state index < -0.39 is 0 Å². The molecule has 0 aliphatic carbocycles. The summed E-state index contributed by atoms with van der Waals surface area (Å²) < 4.78 is 5.40. The molecule has 0 aliphatic heterocycles. The summed E-state index contributed by atoms with van der Waals surface area (Å²) in [5.74, 6) is 0.719. The molecule has 0 unspecified atom stereocenters. The number of aryl methyl sites for hydroxylation is 2. The highest BCUT2D eigenvalue weighted by atomic mass is 16.5. The van der Waals surface area contributed by atoms with Crippen molar-refractivity contribution in [2.45, 2.75) is 27.7 Å². The van der Waals surface area contributed by atoms with Crippen molar-refractivity contribution in [3.8, 4) is 22.6 Å². The van der Waals surface area contributed by atoms with Crippen LogP contribution in [0.2, 0.25) is 0 Å². The van der Waals surface area contributed by atoms with Crippen molar-refractivity contribution in [2.24, 2.45) is 0 Å². The SMILES string of the molecule is COc1cc2ccccc2c(-c2c(C)cc(C)c(C)c2C)c1O. The summed E-state index contributed by atoms with van der Waals surface area (Å²) in [5, 5.41) is 12.9. The Morgan fingerprint density at radius 2 is 1.52 bits per heavy atom.